The van der Waals surface area contributed by atoms with Gasteiger partial charge >= 0.3 is 14.5 Å². The van der Waals surface area contributed by atoms with Gasteiger partial charge in [0.1, 0.15) is 61.6 Å². The lowest BCUT2D eigenvalue weighted by molar-refractivity contribution is -0.0481. The zero-order chi connectivity index (χ0) is 33.9. The van der Waals surface area contributed by atoms with E-state index in [1.807, 2.05) is 12.2 Å². The standard InChI is InChI=1S/C24H28N10O10P2S2/c35-5-11-15(37)17(43-45(39)47)23(41-11)33-9-31-13-19(27-7-29-21(13)33)25-3-1-2-4-26-20-14-22(30-8-28-20)34(10-32-14)24-18(44-46(40)48)16(38)12(6-36)42-24/h1-2,7-12,15-18,23-24,35-38H,3-6H2,(H2-2,25,26,27,28,29,30,39,40,47,48)/p+2/b2-1+/t11?,12?,15-,16-,17-,18-,23-,24-/m1/s1. The van der Waals surface area contributed by atoms with Crippen molar-refractivity contribution in [1.82, 2.24) is 39.0 Å². The van der Waals surface area contributed by atoms with E-state index in [4.69, 9.17) is 18.5 Å². The first kappa shape index (κ1) is 34.9. The summed E-state index contributed by atoms with van der Waals surface area (Å²) in [7, 11) is -4.76. The molecule has 0 amide bonds. The number of hydrogen-bond acceptors (Lipinski definition) is 18. The molecule has 256 valence electrons. The molecule has 0 aromatic carbocycles. The minimum Gasteiger partial charge on any atom is -0.394 e. The number of nitrogens with one attached hydrogen (secondary N) is 2. The molecular weight excluding hydrogens is 714 g/mol. The van der Waals surface area contributed by atoms with Gasteiger partial charge in [-0.25, -0.2) is 29.9 Å². The third kappa shape index (κ3) is 7.02. The Morgan fingerprint density at radius 1 is 0.750 bits per heavy atom. The quantitative estimate of drug-likeness (QED) is 0.0496. The number of anilines is 2. The molecule has 0 aliphatic carbocycles. The number of thiol groups is 2. The van der Waals surface area contributed by atoms with E-state index in [1.54, 1.807) is 0 Å². The first-order valence-corrected chi connectivity index (χ1v) is 18.9. The van der Waals surface area contributed by atoms with Crippen LogP contribution in [0.5, 0.6) is 0 Å². The Kier molecular flexibility index (Phi) is 11.1. The van der Waals surface area contributed by atoms with E-state index in [0.29, 0.717) is 47.1 Å². The second-order valence-electron chi connectivity index (χ2n) is 10.4. The minimum absolute atomic E-state index is 0.353. The Balaban J connectivity index is 1.09. The van der Waals surface area contributed by atoms with Crippen molar-refractivity contribution in [3.05, 3.63) is 37.5 Å². The van der Waals surface area contributed by atoms with Crippen LogP contribution in [-0.4, -0.2) is 122 Å². The van der Waals surface area contributed by atoms with Crippen LogP contribution in [0.1, 0.15) is 12.5 Å². The van der Waals surface area contributed by atoms with Crippen molar-refractivity contribution >= 4 is 72.9 Å². The average Bonchev–Trinajstić information content (AvgIpc) is 3.83. The Hall–Kier alpha value is -2.98. The summed E-state index contributed by atoms with van der Waals surface area (Å²) in [5.41, 5.74) is 1.51. The molecule has 48 heavy (non-hydrogen) atoms. The highest BCUT2D eigenvalue weighted by Crippen LogP contribution is 2.42. The number of aromatic nitrogens is 8. The normalized spacial score (nSPS) is 28.1. The number of rotatable bonds is 14. The summed E-state index contributed by atoms with van der Waals surface area (Å²) in [4.78, 5) is 25.9. The molecule has 2 aliphatic rings. The van der Waals surface area contributed by atoms with Crippen molar-refractivity contribution in [2.45, 2.75) is 49.1 Å². The molecule has 0 spiro atoms. The van der Waals surface area contributed by atoms with Gasteiger partial charge in [0.15, 0.2) is 58.6 Å². The maximum atomic E-state index is 11.7. The zero-order valence-corrected chi connectivity index (χ0v) is 28.1. The average molecular weight is 745 g/mol. The second-order valence-corrected chi connectivity index (χ2v) is 13.8. The number of imidazole rings is 2. The Bertz CT molecular complexity index is 1690. The number of hydrogen-bond donors (Lipinski definition) is 8. The topological polar surface area (TPSA) is 263 Å². The summed E-state index contributed by atoms with van der Waals surface area (Å²) >= 11 is 7.56. The second kappa shape index (κ2) is 15.3. The van der Waals surface area contributed by atoms with Gasteiger partial charge in [0.25, 0.3) is 0 Å². The molecule has 0 bridgehead atoms. The van der Waals surface area contributed by atoms with Crippen molar-refractivity contribution in [2.75, 3.05) is 36.9 Å². The SMILES string of the molecule is O=[P+](S)O[C@@H]1[C@H](O)C(CO)O[C@H]1n1cnc2c(NC/C=C/CNc3ncnc4c3ncn4[C@@H]3OC(CO)[C@@H](O)[C@H]3O[P+](=O)S)ncnc21. The lowest BCUT2D eigenvalue weighted by Gasteiger charge is -2.16. The Labute approximate surface area is 283 Å². The maximum Gasteiger partial charge on any atom is 0.582 e. The predicted octanol–water partition coefficient (Wildman–Crippen LogP) is 0.492. The van der Waals surface area contributed by atoms with Crippen molar-refractivity contribution < 1.29 is 48.1 Å². The molecule has 10 atom stereocenters. The van der Waals surface area contributed by atoms with Crippen LogP contribution in [0.3, 0.4) is 0 Å². The van der Waals surface area contributed by atoms with Gasteiger partial charge in [-0.15, -0.1) is 9.05 Å². The van der Waals surface area contributed by atoms with E-state index in [0.717, 1.165) is 0 Å². The molecular formula is C24H30N10O10P2S2+2. The lowest BCUT2D eigenvalue weighted by Crippen LogP contribution is -2.34. The summed E-state index contributed by atoms with van der Waals surface area (Å²) in [6.07, 6.45) is 0.573. The summed E-state index contributed by atoms with van der Waals surface area (Å²) in [5, 5.41) is 46.5. The fraction of sp³-hybridized carbons (Fsp3) is 0.500. The van der Waals surface area contributed by atoms with Gasteiger partial charge in [0.05, 0.1) is 25.9 Å². The van der Waals surface area contributed by atoms with Crippen LogP contribution in [0, 0.1) is 0 Å². The molecule has 0 saturated carbocycles. The summed E-state index contributed by atoms with van der Waals surface area (Å²) < 4.78 is 48.4. The molecule has 2 aliphatic heterocycles. The largest absolute Gasteiger partial charge is 0.582 e. The lowest BCUT2D eigenvalue weighted by atomic mass is 10.1. The first-order chi connectivity index (χ1) is 23.2. The van der Waals surface area contributed by atoms with Crippen molar-refractivity contribution in [2.24, 2.45) is 0 Å². The molecule has 2 saturated heterocycles. The summed E-state index contributed by atoms with van der Waals surface area (Å²) in [5.74, 6) is 0.837. The molecule has 4 unspecified atom stereocenters. The molecule has 2 fully saturated rings. The van der Waals surface area contributed by atoms with Crippen LogP contribution in [0.15, 0.2) is 37.5 Å². The van der Waals surface area contributed by atoms with Gasteiger partial charge in [-0.05, 0) is 9.13 Å². The van der Waals surface area contributed by atoms with Crippen LogP contribution < -0.4 is 10.6 Å². The summed E-state index contributed by atoms with van der Waals surface area (Å²) in [6, 6.07) is 0. The molecule has 24 heteroatoms. The fourth-order valence-electron chi connectivity index (χ4n) is 5.43. The molecule has 4 aromatic heterocycles. The fourth-order valence-corrected chi connectivity index (χ4v) is 6.96. The summed E-state index contributed by atoms with van der Waals surface area (Å²) in [6.45, 7) is -0.252. The molecule has 0 radical (unpaired) electrons. The number of aliphatic hydroxyl groups is 4. The van der Waals surface area contributed by atoms with E-state index >= 15 is 0 Å². The van der Waals surface area contributed by atoms with E-state index in [9.17, 15) is 29.6 Å². The smallest absolute Gasteiger partial charge is 0.394 e. The number of ether oxygens (including phenoxy) is 2. The predicted molar refractivity (Wildman–Crippen MR) is 174 cm³/mol. The van der Waals surface area contributed by atoms with Crippen molar-refractivity contribution in [1.29, 1.82) is 0 Å². The Morgan fingerprint density at radius 3 is 1.54 bits per heavy atom. The number of nitrogens with zero attached hydrogens (tertiary/aromatic N) is 8. The molecule has 6 N–H and O–H groups in total. The maximum absolute atomic E-state index is 11.7. The third-order valence-electron chi connectivity index (χ3n) is 7.62. The number of fused-ring (bicyclic) bond motifs is 2. The van der Waals surface area contributed by atoms with E-state index in [1.165, 1.54) is 34.4 Å². The van der Waals surface area contributed by atoms with Gasteiger partial charge < -0.3 is 40.5 Å². The van der Waals surface area contributed by atoms with Crippen molar-refractivity contribution in [3.63, 3.8) is 0 Å². The van der Waals surface area contributed by atoms with Crippen LogP contribution in [0.2, 0.25) is 0 Å². The van der Waals surface area contributed by atoms with E-state index in [2.05, 4.69) is 65.0 Å². The number of aliphatic hydroxyl groups excluding tert-OH is 4. The van der Waals surface area contributed by atoms with Gasteiger partial charge in [0, 0.05) is 13.1 Å². The highest BCUT2D eigenvalue weighted by atomic mass is 32.7. The van der Waals surface area contributed by atoms with E-state index in [-0.39, 0.29) is 0 Å². The van der Waals surface area contributed by atoms with Crippen LogP contribution in [-0.2, 0) is 27.7 Å². The van der Waals surface area contributed by atoms with Gasteiger partial charge in [-0.1, -0.05) is 12.2 Å². The van der Waals surface area contributed by atoms with Crippen LogP contribution in [0.25, 0.3) is 22.3 Å². The monoisotopic (exact) mass is 744 g/mol. The van der Waals surface area contributed by atoms with Gasteiger partial charge in [0.2, 0.25) is 0 Å². The highest BCUT2D eigenvalue weighted by Gasteiger charge is 2.51. The highest BCUT2D eigenvalue weighted by molar-refractivity contribution is 8.39. The van der Waals surface area contributed by atoms with Crippen LogP contribution in [0.4, 0.5) is 11.6 Å². The van der Waals surface area contributed by atoms with E-state index < -0.39 is 76.8 Å². The molecule has 6 rings (SSSR count). The molecule has 20 nitrogen and oxygen atoms in total. The minimum atomic E-state index is -2.38. The third-order valence-corrected chi connectivity index (χ3v) is 9.03. The molecule has 4 aromatic rings. The molecule has 6 heterocycles. The first-order valence-electron chi connectivity index (χ1n) is 14.2. The zero-order valence-electron chi connectivity index (χ0n) is 24.5. The van der Waals surface area contributed by atoms with Gasteiger partial charge in [-0.3, -0.25) is 9.13 Å². The van der Waals surface area contributed by atoms with Crippen molar-refractivity contribution in [3.8, 4) is 0 Å². The van der Waals surface area contributed by atoms with Crippen LogP contribution >= 0.6 is 39.0 Å². The van der Waals surface area contributed by atoms with Gasteiger partial charge in [-0.2, -0.15) is 0 Å². The Morgan fingerprint density at radius 2 is 1.17 bits per heavy atom.